The van der Waals surface area contributed by atoms with E-state index < -0.39 is 0 Å². The minimum absolute atomic E-state index is 0.153. The maximum absolute atomic E-state index is 11.4. The van der Waals surface area contributed by atoms with Crippen molar-refractivity contribution in [2.45, 2.75) is 12.8 Å². The molecule has 0 radical (unpaired) electrons. The lowest BCUT2D eigenvalue weighted by Crippen LogP contribution is -2.23. The molecule has 0 aliphatic carbocycles. The summed E-state index contributed by atoms with van der Waals surface area (Å²) in [5.74, 6) is 0.629. The van der Waals surface area contributed by atoms with E-state index in [9.17, 15) is 4.79 Å². The Labute approximate surface area is 137 Å². The zero-order valence-electron chi connectivity index (χ0n) is 13.5. The van der Waals surface area contributed by atoms with E-state index in [1.807, 2.05) is 25.3 Å². The molecule has 0 bridgehead atoms. The van der Waals surface area contributed by atoms with Gasteiger partial charge in [0.05, 0.1) is 24.7 Å². The van der Waals surface area contributed by atoms with Gasteiger partial charge in [0.1, 0.15) is 12.1 Å². The minimum Gasteiger partial charge on any atom is -0.313 e. The van der Waals surface area contributed by atoms with E-state index >= 15 is 0 Å². The van der Waals surface area contributed by atoms with Crippen LogP contribution in [0.3, 0.4) is 0 Å². The Morgan fingerprint density at radius 3 is 2.83 bits per heavy atom. The summed E-state index contributed by atoms with van der Waals surface area (Å²) in [6.07, 6.45) is 8.51. The largest absolute Gasteiger partial charge is 0.313 e. The number of hydrogen-bond acceptors (Lipinski definition) is 4. The van der Waals surface area contributed by atoms with Crippen LogP contribution >= 0.6 is 0 Å². The molecule has 1 N–H and O–H groups in total. The van der Waals surface area contributed by atoms with Crippen molar-refractivity contribution in [3.05, 3.63) is 47.4 Å². The highest BCUT2D eigenvalue weighted by Gasteiger charge is 2.19. The second-order valence-corrected chi connectivity index (χ2v) is 5.42. The molecule has 23 heavy (non-hydrogen) atoms. The zero-order valence-corrected chi connectivity index (χ0v) is 13.5. The molecule has 2 rings (SSSR count). The first-order valence-corrected chi connectivity index (χ1v) is 7.87. The number of allylic oxidation sites excluding steroid dienone is 1. The Morgan fingerprint density at radius 2 is 2.13 bits per heavy atom. The summed E-state index contributed by atoms with van der Waals surface area (Å²) in [6.45, 7) is 4.93. The maximum atomic E-state index is 11.4. The van der Waals surface area contributed by atoms with E-state index in [0.29, 0.717) is 13.1 Å². The summed E-state index contributed by atoms with van der Waals surface area (Å²) in [4.78, 5) is 20.2. The van der Waals surface area contributed by atoms with E-state index in [1.54, 1.807) is 6.08 Å². The van der Waals surface area contributed by atoms with Gasteiger partial charge in [0, 0.05) is 0 Å². The number of aliphatic imine (C=N–C) groups is 2. The van der Waals surface area contributed by atoms with E-state index in [2.05, 4.69) is 40.1 Å². The third-order valence-electron chi connectivity index (χ3n) is 3.76. The van der Waals surface area contributed by atoms with Crippen molar-refractivity contribution in [1.29, 1.82) is 0 Å². The third kappa shape index (κ3) is 4.83. The van der Waals surface area contributed by atoms with Gasteiger partial charge in [-0.25, -0.2) is 4.99 Å². The number of likely N-dealkylation sites (N-methyl/N-ethyl adjacent to an activating group) is 1. The van der Waals surface area contributed by atoms with Crippen LogP contribution in [0.4, 0.5) is 0 Å². The second kappa shape index (κ2) is 8.96. The minimum atomic E-state index is -0.153. The molecule has 0 aromatic heterocycles. The number of nitrogens with zero attached hydrogens (tertiary/aromatic N) is 2. The van der Waals surface area contributed by atoms with Crippen LogP contribution in [0.15, 0.2) is 46.9 Å². The summed E-state index contributed by atoms with van der Waals surface area (Å²) >= 11 is 0. The van der Waals surface area contributed by atoms with Crippen LogP contribution in [0.1, 0.15) is 12.8 Å². The van der Waals surface area contributed by atoms with Crippen LogP contribution in [-0.2, 0) is 4.79 Å². The molecule has 1 unspecified atom stereocenters. The topological polar surface area (TPSA) is 53.8 Å². The van der Waals surface area contributed by atoms with Crippen molar-refractivity contribution < 1.29 is 4.79 Å². The first-order chi connectivity index (χ1) is 11.3. The lowest BCUT2D eigenvalue weighted by molar-refractivity contribution is -0.109. The van der Waals surface area contributed by atoms with Crippen molar-refractivity contribution >= 4 is 30.0 Å². The number of rotatable bonds is 8. The first kappa shape index (κ1) is 17.0. The molecule has 1 atom stereocenters. The molecule has 1 aromatic rings. The van der Waals surface area contributed by atoms with Crippen LogP contribution in [0.5, 0.6) is 0 Å². The average Bonchev–Trinajstić information content (AvgIpc) is 3.02. The Bertz CT molecular complexity index is 731. The Kier molecular flexibility index (Phi) is 6.63. The Hall–Kier alpha value is -2.33. The van der Waals surface area contributed by atoms with Crippen LogP contribution in [0, 0.1) is 5.92 Å². The van der Waals surface area contributed by atoms with Gasteiger partial charge in [-0.15, -0.1) is 0 Å². The fourth-order valence-electron chi connectivity index (χ4n) is 2.57. The van der Waals surface area contributed by atoms with Gasteiger partial charge in [0.25, 0.3) is 0 Å². The number of hydrogen-bond donors (Lipinski definition) is 1. The number of nitrogens with one attached hydrogen (secondary N) is 1. The van der Waals surface area contributed by atoms with Gasteiger partial charge in [-0.3, -0.25) is 4.99 Å². The zero-order chi connectivity index (χ0) is 16.5. The number of carbonyl (C=O) groups is 1. The molecule has 0 amide bonds. The second-order valence-electron chi connectivity index (χ2n) is 5.42. The van der Waals surface area contributed by atoms with Crippen LogP contribution in [-0.4, -0.2) is 38.0 Å². The van der Waals surface area contributed by atoms with Crippen molar-refractivity contribution in [2.24, 2.45) is 15.9 Å². The van der Waals surface area contributed by atoms with E-state index in [-0.39, 0.29) is 5.92 Å². The van der Waals surface area contributed by atoms with E-state index in [0.717, 1.165) is 41.1 Å². The molecule has 1 heterocycles. The molecule has 1 aromatic carbocycles. The van der Waals surface area contributed by atoms with Gasteiger partial charge < -0.3 is 10.1 Å². The normalized spacial score (nSPS) is 16.9. The number of aldehydes is 1. The highest BCUT2D eigenvalue weighted by atomic mass is 16.1. The average molecular weight is 309 g/mol. The van der Waals surface area contributed by atoms with Crippen molar-refractivity contribution in [3.63, 3.8) is 0 Å². The SMILES string of the molecule is C=C/C=c1/cccc/c1=C/CCC(C=O)C1=NC(CNC)=NC1. The molecule has 0 saturated carbocycles. The number of amidine groups is 1. The smallest absolute Gasteiger partial charge is 0.137 e. The van der Waals surface area contributed by atoms with Gasteiger partial charge >= 0.3 is 0 Å². The molecule has 0 fully saturated rings. The lowest BCUT2D eigenvalue weighted by Gasteiger charge is -2.07. The summed E-state index contributed by atoms with van der Waals surface area (Å²) in [6, 6.07) is 8.16. The van der Waals surface area contributed by atoms with Gasteiger partial charge in [0.15, 0.2) is 0 Å². The van der Waals surface area contributed by atoms with Crippen LogP contribution in [0.2, 0.25) is 0 Å². The fraction of sp³-hybridized carbons (Fsp3) is 0.316. The molecule has 4 nitrogen and oxygen atoms in total. The molecule has 1 aliphatic heterocycles. The third-order valence-corrected chi connectivity index (χ3v) is 3.76. The summed E-state index contributed by atoms with van der Waals surface area (Å²) in [5, 5.41) is 5.33. The first-order valence-electron chi connectivity index (χ1n) is 7.87. The van der Waals surface area contributed by atoms with Gasteiger partial charge in [-0.1, -0.05) is 49.1 Å². The van der Waals surface area contributed by atoms with E-state index in [1.165, 1.54) is 0 Å². The monoisotopic (exact) mass is 309 g/mol. The van der Waals surface area contributed by atoms with E-state index in [4.69, 9.17) is 0 Å². The van der Waals surface area contributed by atoms with Gasteiger partial charge in [-0.05, 0) is 30.3 Å². The predicted molar refractivity (Wildman–Crippen MR) is 97.3 cm³/mol. The van der Waals surface area contributed by atoms with Crippen molar-refractivity contribution in [3.8, 4) is 0 Å². The number of carbonyl (C=O) groups excluding carboxylic acids is 1. The molecule has 4 heteroatoms. The maximum Gasteiger partial charge on any atom is 0.137 e. The number of benzene rings is 1. The molecule has 1 aliphatic rings. The summed E-state index contributed by atoms with van der Waals surface area (Å²) < 4.78 is 0. The summed E-state index contributed by atoms with van der Waals surface area (Å²) in [5.41, 5.74) is 0.879. The standard InChI is InChI=1S/C19H23N3O/c1-3-7-15-8-4-5-9-16(15)10-6-11-17(14-23)18-12-21-19(22-18)13-20-2/h3-5,7-10,14,17,20H,1,6,11-13H2,2H3/b15-7-,16-10-. The molecular weight excluding hydrogens is 286 g/mol. The fourth-order valence-corrected chi connectivity index (χ4v) is 2.57. The summed E-state index contributed by atoms with van der Waals surface area (Å²) in [7, 11) is 1.86. The molecule has 0 spiro atoms. The van der Waals surface area contributed by atoms with Crippen molar-refractivity contribution in [1.82, 2.24) is 5.32 Å². The van der Waals surface area contributed by atoms with Crippen LogP contribution in [0.25, 0.3) is 12.2 Å². The lowest BCUT2D eigenvalue weighted by atomic mass is 9.98. The predicted octanol–water partition coefficient (Wildman–Crippen LogP) is 1.10. The van der Waals surface area contributed by atoms with Crippen molar-refractivity contribution in [2.75, 3.05) is 20.1 Å². The molecule has 0 saturated heterocycles. The quantitative estimate of drug-likeness (QED) is 0.731. The highest BCUT2D eigenvalue weighted by Crippen LogP contribution is 2.11. The Balaban J connectivity index is 2.04. The van der Waals surface area contributed by atoms with Gasteiger partial charge in [-0.2, -0.15) is 0 Å². The molecular formula is C19H23N3O. The van der Waals surface area contributed by atoms with Gasteiger partial charge in [0.2, 0.25) is 0 Å². The highest BCUT2D eigenvalue weighted by molar-refractivity contribution is 6.10. The Morgan fingerprint density at radius 1 is 1.35 bits per heavy atom. The van der Waals surface area contributed by atoms with Crippen LogP contribution < -0.4 is 15.8 Å². The molecule has 120 valence electrons.